The Morgan fingerprint density at radius 3 is 2.29 bits per heavy atom. The van der Waals surface area contributed by atoms with Crippen molar-refractivity contribution in [3.8, 4) is 22.5 Å². The molecule has 0 bridgehead atoms. The highest BCUT2D eigenvalue weighted by molar-refractivity contribution is 5.98. The van der Waals surface area contributed by atoms with E-state index in [9.17, 15) is 9.59 Å². The molecular weight excluding hydrogens is 600 g/mol. The average Bonchev–Trinajstić information content (AvgIpc) is 3.47. The molecule has 3 N–H and O–H groups in total. The van der Waals surface area contributed by atoms with Gasteiger partial charge in [-0.05, 0) is 68.0 Å². The Kier molecular flexibility index (Phi) is 9.40. The van der Waals surface area contributed by atoms with Crippen molar-refractivity contribution in [2.75, 3.05) is 26.2 Å². The minimum absolute atomic E-state index is 0.0262. The summed E-state index contributed by atoms with van der Waals surface area (Å²) >= 11 is 0. The van der Waals surface area contributed by atoms with Crippen molar-refractivity contribution >= 4 is 28.0 Å². The number of aromatic amines is 1. The molecule has 9 heteroatoms. The quantitative estimate of drug-likeness (QED) is 0.143. The maximum absolute atomic E-state index is 12.9. The van der Waals surface area contributed by atoms with Gasteiger partial charge in [-0.3, -0.25) is 14.3 Å². The normalized spacial score (nSPS) is 14.1. The zero-order valence-corrected chi connectivity index (χ0v) is 26.9. The number of carbonyl (C=O) groups excluding carboxylic acids is 1. The third kappa shape index (κ3) is 6.79. The van der Waals surface area contributed by atoms with E-state index in [-0.39, 0.29) is 24.2 Å². The number of fused-ring (bicyclic) bond motifs is 2. The van der Waals surface area contributed by atoms with Gasteiger partial charge in [0.2, 0.25) is 0 Å². The molecule has 6 aromatic rings. The number of imidazole rings is 1. The molecular formula is C39H40N6O3. The van der Waals surface area contributed by atoms with E-state index < -0.39 is 0 Å². The number of unbranched alkanes of at least 4 members (excludes halogenated alkanes) is 2. The molecule has 2 aromatic heterocycles. The number of carbonyl (C=O) groups is 1. The molecule has 4 aromatic carbocycles. The molecule has 1 aliphatic heterocycles. The first-order chi connectivity index (χ1) is 23.6. The topological polar surface area (TPSA) is 116 Å². The van der Waals surface area contributed by atoms with Crippen LogP contribution >= 0.6 is 0 Å². The fourth-order valence-corrected chi connectivity index (χ4v) is 6.71. The Bertz CT molecular complexity index is 2080. The van der Waals surface area contributed by atoms with Crippen LogP contribution in [0.25, 0.3) is 44.6 Å². The Morgan fingerprint density at radius 1 is 0.812 bits per heavy atom. The zero-order chi connectivity index (χ0) is 32.9. The van der Waals surface area contributed by atoms with Gasteiger partial charge in [-0.2, -0.15) is 0 Å². The monoisotopic (exact) mass is 640 g/mol. The number of aliphatic hydroxyl groups excluding tert-OH is 1. The van der Waals surface area contributed by atoms with E-state index in [0.717, 1.165) is 90.8 Å². The van der Waals surface area contributed by atoms with Crippen LogP contribution in [0.2, 0.25) is 0 Å². The summed E-state index contributed by atoms with van der Waals surface area (Å²) in [6, 6.07) is 32.2. The van der Waals surface area contributed by atoms with Gasteiger partial charge >= 0.3 is 5.69 Å². The van der Waals surface area contributed by atoms with Crippen LogP contribution in [0.5, 0.6) is 0 Å². The van der Waals surface area contributed by atoms with E-state index in [1.807, 2.05) is 71.3 Å². The first-order valence-corrected chi connectivity index (χ1v) is 16.8. The Hall–Kier alpha value is -5.12. The molecule has 0 atom stereocenters. The molecule has 244 valence electrons. The number of rotatable bonds is 11. The van der Waals surface area contributed by atoms with Gasteiger partial charge < -0.3 is 15.4 Å². The number of nitrogens with one attached hydrogen (secondary N) is 2. The van der Waals surface area contributed by atoms with Gasteiger partial charge in [-0.25, -0.2) is 14.8 Å². The van der Waals surface area contributed by atoms with Crippen molar-refractivity contribution in [3.63, 3.8) is 0 Å². The standard InChI is InChI=1S/C39H40N6O3/c46-24-8-2-7-21-40-38(47)30-17-18-32-34(25-30)42-37(36(41-32)28-9-3-1-4-10-28)29-15-13-27(14-16-29)26-44-22-19-31(20-23-44)45-35-12-6-5-11-33(35)43-39(45)48/h1,3-6,9-18,25,31,46H,2,7-8,19-24,26H2,(H,40,47)(H,43,48). The second-order valence-electron chi connectivity index (χ2n) is 12.6. The summed E-state index contributed by atoms with van der Waals surface area (Å²) in [6.45, 7) is 3.42. The summed E-state index contributed by atoms with van der Waals surface area (Å²) in [5.41, 5.74) is 8.51. The van der Waals surface area contributed by atoms with E-state index in [0.29, 0.717) is 17.6 Å². The Labute approximate surface area is 279 Å². The number of nitrogens with zero attached hydrogens (tertiary/aromatic N) is 4. The highest BCUT2D eigenvalue weighted by Gasteiger charge is 2.24. The lowest BCUT2D eigenvalue weighted by molar-refractivity contribution is 0.0953. The molecule has 1 saturated heterocycles. The fraction of sp³-hybridized carbons (Fsp3) is 0.282. The van der Waals surface area contributed by atoms with Crippen LogP contribution < -0.4 is 11.0 Å². The highest BCUT2D eigenvalue weighted by Crippen LogP contribution is 2.32. The smallest absolute Gasteiger partial charge is 0.326 e. The van der Waals surface area contributed by atoms with Crippen LogP contribution in [-0.2, 0) is 6.54 Å². The predicted molar refractivity (Wildman–Crippen MR) is 190 cm³/mol. The SMILES string of the molecule is O=C(NCCCCCO)c1ccc2nc(-c3ccccc3)c(-c3ccc(CN4CCC(n5c(=O)[nH]c6ccccc65)CC4)cc3)nc2c1. The van der Waals surface area contributed by atoms with Crippen LogP contribution in [-0.4, -0.2) is 61.7 Å². The second kappa shape index (κ2) is 14.3. The van der Waals surface area contributed by atoms with Crippen molar-refractivity contribution < 1.29 is 9.90 Å². The maximum Gasteiger partial charge on any atom is 0.326 e. The van der Waals surface area contributed by atoms with Gasteiger partial charge in [-0.1, -0.05) is 66.7 Å². The fourth-order valence-electron chi connectivity index (χ4n) is 6.71. The van der Waals surface area contributed by atoms with Gasteiger partial charge in [0.15, 0.2) is 0 Å². The zero-order valence-electron chi connectivity index (χ0n) is 26.9. The van der Waals surface area contributed by atoms with E-state index in [2.05, 4.69) is 39.5 Å². The van der Waals surface area contributed by atoms with Crippen LogP contribution in [0.4, 0.5) is 0 Å². The molecule has 48 heavy (non-hydrogen) atoms. The molecule has 0 spiro atoms. The molecule has 7 rings (SSSR count). The van der Waals surface area contributed by atoms with Gasteiger partial charge in [0, 0.05) is 55.5 Å². The first kappa shape index (κ1) is 31.5. The van der Waals surface area contributed by atoms with E-state index >= 15 is 0 Å². The third-order valence-corrected chi connectivity index (χ3v) is 9.27. The molecule has 1 fully saturated rings. The maximum atomic E-state index is 12.9. The molecule has 1 aliphatic rings. The van der Waals surface area contributed by atoms with Crippen LogP contribution in [0.1, 0.15) is 54.1 Å². The first-order valence-electron chi connectivity index (χ1n) is 16.8. The van der Waals surface area contributed by atoms with Crippen molar-refractivity contribution in [2.24, 2.45) is 0 Å². The predicted octanol–water partition coefficient (Wildman–Crippen LogP) is 6.34. The number of benzene rings is 4. The van der Waals surface area contributed by atoms with Crippen molar-refractivity contribution in [3.05, 3.63) is 119 Å². The molecule has 3 heterocycles. The number of H-pyrrole nitrogens is 1. The molecule has 1 amide bonds. The molecule has 0 unspecified atom stereocenters. The van der Waals surface area contributed by atoms with Crippen LogP contribution in [0, 0.1) is 0 Å². The number of hydrogen-bond donors (Lipinski definition) is 3. The van der Waals surface area contributed by atoms with E-state index in [4.69, 9.17) is 15.1 Å². The lowest BCUT2D eigenvalue weighted by Crippen LogP contribution is -2.36. The summed E-state index contributed by atoms with van der Waals surface area (Å²) in [4.78, 5) is 41.2. The number of piperidine rings is 1. The van der Waals surface area contributed by atoms with Crippen LogP contribution in [0.3, 0.4) is 0 Å². The minimum Gasteiger partial charge on any atom is -0.396 e. The highest BCUT2D eigenvalue weighted by atomic mass is 16.3. The van der Waals surface area contributed by atoms with Crippen molar-refractivity contribution in [1.29, 1.82) is 0 Å². The molecule has 9 nitrogen and oxygen atoms in total. The molecule has 0 radical (unpaired) electrons. The number of aliphatic hydroxyl groups is 1. The number of para-hydroxylation sites is 2. The molecule has 0 saturated carbocycles. The van der Waals surface area contributed by atoms with Gasteiger partial charge in [0.1, 0.15) is 0 Å². The summed E-state index contributed by atoms with van der Waals surface area (Å²) in [5.74, 6) is -0.140. The van der Waals surface area contributed by atoms with E-state index in [1.54, 1.807) is 6.07 Å². The summed E-state index contributed by atoms with van der Waals surface area (Å²) in [7, 11) is 0. The van der Waals surface area contributed by atoms with Gasteiger partial charge in [-0.15, -0.1) is 0 Å². The number of amides is 1. The number of aromatic nitrogens is 4. The number of likely N-dealkylation sites (tertiary alicyclic amines) is 1. The second-order valence-corrected chi connectivity index (χ2v) is 12.6. The van der Waals surface area contributed by atoms with Crippen LogP contribution in [0.15, 0.2) is 102 Å². The summed E-state index contributed by atoms with van der Waals surface area (Å²) in [6.07, 6.45) is 4.29. The lowest BCUT2D eigenvalue weighted by Gasteiger charge is -2.32. The van der Waals surface area contributed by atoms with E-state index in [1.165, 1.54) is 5.56 Å². The average molecular weight is 641 g/mol. The third-order valence-electron chi connectivity index (χ3n) is 9.27. The molecule has 0 aliphatic carbocycles. The number of hydrogen-bond acceptors (Lipinski definition) is 6. The lowest BCUT2D eigenvalue weighted by atomic mass is 10.0. The Balaban J connectivity index is 1.08. The largest absolute Gasteiger partial charge is 0.396 e. The summed E-state index contributed by atoms with van der Waals surface area (Å²) in [5, 5.41) is 12.0. The Morgan fingerprint density at radius 2 is 1.52 bits per heavy atom. The van der Waals surface area contributed by atoms with Crippen molar-refractivity contribution in [1.82, 2.24) is 29.7 Å². The minimum atomic E-state index is -0.140. The van der Waals surface area contributed by atoms with Gasteiger partial charge in [0.05, 0.1) is 33.5 Å². The van der Waals surface area contributed by atoms with Crippen molar-refractivity contribution in [2.45, 2.75) is 44.7 Å². The van der Waals surface area contributed by atoms with Gasteiger partial charge in [0.25, 0.3) is 5.91 Å². The summed E-state index contributed by atoms with van der Waals surface area (Å²) < 4.78 is 1.94.